The standard InChI is InChI=1S/C19H15BrF3N3O/c20-15-5-3-4-13(10-15)8-9-25-12-14(11-24)18(27)26-17-7-2-1-6-16(17)19(21,22)23/h1-7,10,12,25H,8-9H2,(H,26,27)/b14-12-. The van der Waals surface area contributed by atoms with Gasteiger partial charge in [-0.15, -0.1) is 0 Å². The van der Waals surface area contributed by atoms with Gasteiger partial charge in [-0.1, -0.05) is 40.2 Å². The quantitative estimate of drug-likeness (QED) is 0.392. The lowest BCUT2D eigenvalue weighted by Gasteiger charge is -2.13. The van der Waals surface area contributed by atoms with Gasteiger partial charge in [-0.3, -0.25) is 4.79 Å². The van der Waals surface area contributed by atoms with E-state index in [0.717, 1.165) is 22.2 Å². The lowest BCUT2D eigenvalue weighted by Crippen LogP contribution is -2.20. The largest absolute Gasteiger partial charge is 0.418 e. The molecule has 0 bridgehead atoms. The van der Waals surface area contributed by atoms with Crippen molar-refractivity contribution in [2.45, 2.75) is 12.6 Å². The molecule has 2 rings (SSSR count). The number of nitrogens with zero attached hydrogens (tertiary/aromatic N) is 1. The first-order valence-corrected chi connectivity index (χ1v) is 8.66. The molecule has 0 fully saturated rings. The summed E-state index contributed by atoms with van der Waals surface area (Å²) in [6, 6.07) is 13.9. The van der Waals surface area contributed by atoms with E-state index in [1.807, 2.05) is 24.3 Å². The molecule has 2 N–H and O–H groups in total. The van der Waals surface area contributed by atoms with Crippen LogP contribution in [0.15, 0.2) is 64.8 Å². The molecule has 0 heterocycles. The third-order valence-electron chi connectivity index (χ3n) is 3.54. The van der Waals surface area contributed by atoms with Crippen LogP contribution in [0.25, 0.3) is 0 Å². The fourth-order valence-electron chi connectivity index (χ4n) is 2.26. The highest BCUT2D eigenvalue weighted by Crippen LogP contribution is 2.34. The molecule has 0 unspecified atom stereocenters. The maximum absolute atomic E-state index is 13.0. The SMILES string of the molecule is N#C/C(=C/NCCc1cccc(Br)c1)C(=O)Nc1ccccc1C(F)(F)F. The smallest absolute Gasteiger partial charge is 0.389 e. The van der Waals surface area contributed by atoms with E-state index >= 15 is 0 Å². The summed E-state index contributed by atoms with van der Waals surface area (Å²) in [6.07, 6.45) is -2.76. The number of anilines is 1. The Bertz CT molecular complexity index is 888. The Kier molecular flexibility index (Phi) is 7.02. The lowest BCUT2D eigenvalue weighted by atomic mass is 10.1. The van der Waals surface area contributed by atoms with Gasteiger partial charge in [0.1, 0.15) is 11.6 Å². The van der Waals surface area contributed by atoms with Gasteiger partial charge in [-0.05, 0) is 36.2 Å². The first-order chi connectivity index (χ1) is 12.8. The molecule has 8 heteroatoms. The van der Waals surface area contributed by atoms with E-state index in [4.69, 9.17) is 5.26 Å². The van der Waals surface area contributed by atoms with Gasteiger partial charge in [-0.2, -0.15) is 18.4 Å². The number of alkyl halides is 3. The molecule has 0 atom stereocenters. The van der Waals surface area contributed by atoms with Crippen molar-refractivity contribution in [1.29, 1.82) is 5.26 Å². The predicted molar refractivity (Wildman–Crippen MR) is 99.6 cm³/mol. The van der Waals surface area contributed by atoms with E-state index in [2.05, 4.69) is 26.6 Å². The fraction of sp³-hybridized carbons (Fsp3) is 0.158. The zero-order valence-electron chi connectivity index (χ0n) is 14.0. The second-order valence-electron chi connectivity index (χ2n) is 5.50. The molecule has 27 heavy (non-hydrogen) atoms. The molecule has 0 saturated carbocycles. The van der Waals surface area contributed by atoms with Gasteiger partial charge in [0.2, 0.25) is 0 Å². The number of hydrogen-bond donors (Lipinski definition) is 2. The highest BCUT2D eigenvalue weighted by atomic mass is 79.9. The maximum atomic E-state index is 13.0. The van der Waals surface area contributed by atoms with Crippen LogP contribution in [0.4, 0.5) is 18.9 Å². The zero-order chi connectivity index (χ0) is 19.9. The normalized spacial score (nSPS) is 11.6. The average Bonchev–Trinajstić information content (AvgIpc) is 2.61. The van der Waals surface area contributed by atoms with Crippen LogP contribution < -0.4 is 10.6 Å². The van der Waals surface area contributed by atoms with Crippen molar-refractivity contribution in [2.24, 2.45) is 0 Å². The molecule has 0 saturated heterocycles. The van der Waals surface area contributed by atoms with Gasteiger partial charge < -0.3 is 10.6 Å². The molecule has 0 aromatic heterocycles. The van der Waals surface area contributed by atoms with E-state index in [1.54, 1.807) is 6.07 Å². The van der Waals surface area contributed by atoms with Crippen molar-refractivity contribution in [2.75, 3.05) is 11.9 Å². The molecule has 2 aromatic rings. The van der Waals surface area contributed by atoms with Gasteiger partial charge in [0, 0.05) is 17.2 Å². The number of rotatable bonds is 6. The zero-order valence-corrected chi connectivity index (χ0v) is 15.6. The second-order valence-corrected chi connectivity index (χ2v) is 6.42. The van der Waals surface area contributed by atoms with Crippen LogP contribution in [0.3, 0.4) is 0 Å². The molecule has 0 aliphatic carbocycles. The molecule has 0 aliphatic rings. The minimum absolute atomic E-state index is 0.318. The number of hydrogen-bond acceptors (Lipinski definition) is 3. The molecule has 0 spiro atoms. The Morgan fingerprint density at radius 1 is 1.19 bits per heavy atom. The van der Waals surface area contributed by atoms with Crippen molar-refractivity contribution in [1.82, 2.24) is 5.32 Å². The van der Waals surface area contributed by atoms with Crippen molar-refractivity contribution >= 4 is 27.5 Å². The number of halogens is 4. The highest BCUT2D eigenvalue weighted by Gasteiger charge is 2.33. The first-order valence-electron chi connectivity index (χ1n) is 7.87. The van der Waals surface area contributed by atoms with Crippen LogP contribution in [0.2, 0.25) is 0 Å². The number of para-hydroxylation sites is 1. The average molecular weight is 438 g/mol. The Labute approximate surface area is 162 Å². The van der Waals surface area contributed by atoms with Crippen LogP contribution in [0.5, 0.6) is 0 Å². The summed E-state index contributed by atoms with van der Waals surface area (Å²) in [4.78, 5) is 12.1. The number of benzene rings is 2. The summed E-state index contributed by atoms with van der Waals surface area (Å²) in [5.74, 6) is -0.913. The first kappa shape index (κ1) is 20.5. The molecular formula is C19H15BrF3N3O. The predicted octanol–water partition coefficient (Wildman–Crippen LogP) is 4.65. The van der Waals surface area contributed by atoms with Crippen molar-refractivity contribution in [3.63, 3.8) is 0 Å². The molecule has 0 aliphatic heterocycles. The van der Waals surface area contributed by atoms with E-state index in [1.165, 1.54) is 18.3 Å². The van der Waals surface area contributed by atoms with Gasteiger partial charge in [0.25, 0.3) is 5.91 Å². The van der Waals surface area contributed by atoms with Gasteiger partial charge in [-0.25, -0.2) is 0 Å². The minimum atomic E-state index is -4.61. The van der Waals surface area contributed by atoms with E-state index in [0.29, 0.717) is 13.0 Å². The van der Waals surface area contributed by atoms with E-state index in [-0.39, 0.29) is 5.57 Å². The Hall–Kier alpha value is -2.79. The Morgan fingerprint density at radius 2 is 1.93 bits per heavy atom. The molecule has 2 aromatic carbocycles. The van der Waals surface area contributed by atoms with Gasteiger partial charge >= 0.3 is 6.18 Å². The number of amides is 1. The maximum Gasteiger partial charge on any atom is 0.418 e. The highest BCUT2D eigenvalue weighted by molar-refractivity contribution is 9.10. The number of carbonyl (C=O) groups excluding carboxylic acids is 1. The second kappa shape index (κ2) is 9.24. The summed E-state index contributed by atoms with van der Waals surface area (Å²) < 4.78 is 39.9. The Balaban J connectivity index is 2.00. The van der Waals surface area contributed by atoms with Crippen LogP contribution >= 0.6 is 15.9 Å². The number of nitriles is 1. The van der Waals surface area contributed by atoms with E-state index < -0.39 is 23.3 Å². The van der Waals surface area contributed by atoms with Crippen LogP contribution in [0, 0.1) is 11.3 Å². The van der Waals surface area contributed by atoms with Crippen LogP contribution in [-0.4, -0.2) is 12.5 Å². The lowest BCUT2D eigenvalue weighted by molar-refractivity contribution is -0.137. The van der Waals surface area contributed by atoms with E-state index in [9.17, 15) is 18.0 Å². The third-order valence-corrected chi connectivity index (χ3v) is 4.03. The number of carbonyl (C=O) groups is 1. The van der Waals surface area contributed by atoms with Crippen molar-refractivity contribution in [3.8, 4) is 6.07 Å². The summed E-state index contributed by atoms with van der Waals surface area (Å²) in [6.45, 7) is 0.452. The molecular weight excluding hydrogens is 423 g/mol. The third kappa shape index (κ3) is 6.15. The summed E-state index contributed by atoms with van der Waals surface area (Å²) in [5.41, 5.74) is -0.642. The Morgan fingerprint density at radius 3 is 2.59 bits per heavy atom. The molecule has 0 radical (unpaired) electrons. The topological polar surface area (TPSA) is 64.9 Å². The van der Waals surface area contributed by atoms with Crippen LogP contribution in [-0.2, 0) is 17.4 Å². The monoisotopic (exact) mass is 437 g/mol. The molecule has 1 amide bonds. The van der Waals surface area contributed by atoms with Gasteiger partial charge in [0.15, 0.2) is 0 Å². The number of nitrogens with one attached hydrogen (secondary N) is 2. The van der Waals surface area contributed by atoms with Crippen molar-refractivity contribution < 1.29 is 18.0 Å². The van der Waals surface area contributed by atoms with Gasteiger partial charge in [0.05, 0.1) is 11.3 Å². The summed E-state index contributed by atoms with van der Waals surface area (Å²) in [7, 11) is 0. The van der Waals surface area contributed by atoms with Crippen molar-refractivity contribution in [3.05, 3.63) is 75.9 Å². The molecule has 140 valence electrons. The van der Waals surface area contributed by atoms with Crippen LogP contribution in [0.1, 0.15) is 11.1 Å². The molecule has 4 nitrogen and oxygen atoms in total. The fourth-order valence-corrected chi connectivity index (χ4v) is 2.71. The summed E-state index contributed by atoms with van der Waals surface area (Å²) >= 11 is 3.37. The minimum Gasteiger partial charge on any atom is -0.389 e. The summed E-state index contributed by atoms with van der Waals surface area (Å²) in [5, 5.41) is 14.1.